The van der Waals surface area contributed by atoms with E-state index in [-0.39, 0.29) is 0 Å². The van der Waals surface area contributed by atoms with Gasteiger partial charge in [0.1, 0.15) is 11.4 Å². The van der Waals surface area contributed by atoms with Gasteiger partial charge in [-0.05, 0) is 19.1 Å². The van der Waals surface area contributed by atoms with Gasteiger partial charge in [-0.1, -0.05) is 5.16 Å². The van der Waals surface area contributed by atoms with Crippen LogP contribution in [0.2, 0.25) is 0 Å². The van der Waals surface area contributed by atoms with Crippen LogP contribution in [0.4, 0.5) is 0 Å². The molecule has 0 saturated carbocycles. The van der Waals surface area contributed by atoms with Crippen molar-refractivity contribution in [2.24, 2.45) is 0 Å². The monoisotopic (exact) mass is 321 g/mol. The molecule has 4 aromatic heterocycles. The number of nitrogens with zero attached hydrogens (tertiary/aromatic N) is 6. The molecule has 1 aliphatic rings. The zero-order valence-corrected chi connectivity index (χ0v) is 13.0. The van der Waals surface area contributed by atoms with Gasteiger partial charge in [0, 0.05) is 37.2 Å². The highest BCUT2D eigenvalue weighted by Gasteiger charge is 2.22. The molecule has 0 spiro atoms. The van der Waals surface area contributed by atoms with Gasteiger partial charge in [-0.25, -0.2) is 4.98 Å². The third-order valence-corrected chi connectivity index (χ3v) is 4.44. The van der Waals surface area contributed by atoms with Gasteiger partial charge in [0.2, 0.25) is 5.82 Å². The van der Waals surface area contributed by atoms with Crippen LogP contribution in [-0.2, 0) is 6.54 Å². The van der Waals surface area contributed by atoms with E-state index >= 15 is 0 Å². The third-order valence-electron chi connectivity index (χ3n) is 4.44. The first kappa shape index (κ1) is 13.4. The quantitative estimate of drug-likeness (QED) is 0.607. The molecule has 4 aromatic rings. The summed E-state index contributed by atoms with van der Waals surface area (Å²) in [5, 5.41) is 7.58. The number of fused-ring (bicyclic) bond motifs is 2. The van der Waals surface area contributed by atoms with Crippen molar-refractivity contribution in [1.29, 1.82) is 0 Å². The Labute approximate surface area is 137 Å². The van der Waals surface area contributed by atoms with Crippen LogP contribution in [0.1, 0.15) is 18.7 Å². The number of rotatable bonds is 2. The molecule has 5 heterocycles. The lowest BCUT2D eigenvalue weighted by Gasteiger charge is -2.24. The molecule has 0 fully saturated rings. The minimum absolute atomic E-state index is 0.321. The van der Waals surface area contributed by atoms with Crippen LogP contribution >= 0.6 is 0 Å². The molecule has 5 rings (SSSR count). The summed E-state index contributed by atoms with van der Waals surface area (Å²) in [5.41, 5.74) is 3.71. The SMILES string of the molecule is CC1NCCn2c(-c3nc(-c4cnc5cnccn45)no3)ccc21. The Hall–Kier alpha value is -3.00. The van der Waals surface area contributed by atoms with Crippen LogP contribution in [0, 0.1) is 0 Å². The van der Waals surface area contributed by atoms with Crippen molar-refractivity contribution in [1.82, 2.24) is 34.4 Å². The summed E-state index contributed by atoms with van der Waals surface area (Å²) < 4.78 is 9.65. The van der Waals surface area contributed by atoms with Gasteiger partial charge in [-0.3, -0.25) is 9.38 Å². The van der Waals surface area contributed by atoms with Crippen molar-refractivity contribution >= 4 is 5.65 Å². The standard InChI is InChI=1S/C16H15N7O/c1-10-11-2-3-12(22(11)7-5-18-10)16-20-15(21-24-16)13-8-19-14-9-17-4-6-23(13)14/h2-4,6,8-10,18H,5,7H2,1H3. The second-order valence-corrected chi connectivity index (χ2v) is 5.84. The molecular weight excluding hydrogens is 306 g/mol. The molecule has 8 heteroatoms. The number of nitrogens with one attached hydrogen (secondary N) is 1. The van der Waals surface area contributed by atoms with Crippen molar-refractivity contribution in [2.45, 2.75) is 19.5 Å². The zero-order valence-electron chi connectivity index (χ0n) is 13.0. The predicted octanol–water partition coefficient (Wildman–Crippen LogP) is 1.91. The topological polar surface area (TPSA) is 86.1 Å². The van der Waals surface area contributed by atoms with Gasteiger partial charge in [-0.2, -0.15) is 4.98 Å². The molecule has 0 aromatic carbocycles. The Kier molecular flexibility index (Phi) is 2.80. The minimum atomic E-state index is 0.321. The van der Waals surface area contributed by atoms with E-state index in [9.17, 15) is 0 Å². The molecule has 0 bridgehead atoms. The third kappa shape index (κ3) is 1.89. The summed E-state index contributed by atoms with van der Waals surface area (Å²) >= 11 is 0. The summed E-state index contributed by atoms with van der Waals surface area (Å²) in [6.45, 7) is 3.97. The minimum Gasteiger partial charge on any atom is -0.338 e. The van der Waals surface area contributed by atoms with Gasteiger partial charge < -0.3 is 14.4 Å². The highest BCUT2D eigenvalue weighted by molar-refractivity contribution is 5.59. The van der Waals surface area contributed by atoms with Crippen LogP contribution in [0.25, 0.3) is 28.8 Å². The average molecular weight is 321 g/mol. The fraction of sp³-hybridized carbons (Fsp3) is 0.250. The second-order valence-electron chi connectivity index (χ2n) is 5.84. The molecule has 0 aliphatic carbocycles. The summed E-state index contributed by atoms with van der Waals surface area (Å²) in [5.74, 6) is 1.04. The lowest BCUT2D eigenvalue weighted by molar-refractivity contribution is 0.417. The zero-order chi connectivity index (χ0) is 16.1. The van der Waals surface area contributed by atoms with E-state index in [0.717, 1.165) is 30.1 Å². The van der Waals surface area contributed by atoms with E-state index in [2.05, 4.69) is 43.0 Å². The molecule has 0 saturated heterocycles. The van der Waals surface area contributed by atoms with Gasteiger partial charge in [0.15, 0.2) is 5.65 Å². The summed E-state index contributed by atoms with van der Waals surface area (Å²) in [4.78, 5) is 13.0. The molecule has 120 valence electrons. The lowest BCUT2D eigenvalue weighted by Crippen LogP contribution is -2.31. The lowest BCUT2D eigenvalue weighted by atomic mass is 10.2. The van der Waals surface area contributed by atoms with E-state index in [1.54, 1.807) is 18.6 Å². The van der Waals surface area contributed by atoms with Crippen LogP contribution in [0.15, 0.2) is 41.4 Å². The van der Waals surface area contributed by atoms with Crippen molar-refractivity contribution in [2.75, 3.05) is 6.54 Å². The normalized spacial score (nSPS) is 17.3. The largest absolute Gasteiger partial charge is 0.338 e. The van der Waals surface area contributed by atoms with Crippen LogP contribution in [0.3, 0.4) is 0 Å². The van der Waals surface area contributed by atoms with Gasteiger partial charge in [0.05, 0.1) is 12.4 Å². The van der Waals surface area contributed by atoms with Crippen molar-refractivity contribution in [3.8, 4) is 23.1 Å². The first-order valence-electron chi connectivity index (χ1n) is 7.85. The molecule has 1 unspecified atom stereocenters. The van der Waals surface area contributed by atoms with Crippen LogP contribution < -0.4 is 5.32 Å². The number of hydrogen-bond acceptors (Lipinski definition) is 6. The average Bonchev–Trinajstić information content (AvgIpc) is 3.32. The van der Waals surface area contributed by atoms with Crippen LogP contribution in [0.5, 0.6) is 0 Å². The molecule has 24 heavy (non-hydrogen) atoms. The molecule has 0 radical (unpaired) electrons. The number of hydrogen-bond donors (Lipinski definition) is 1. The Balaban J connectivity index is 1.59. The van der Waals surface area contributed by atoms with Crippen LogP contribution in [-0.4, -0.2) is 35.6 Å². The molecule has 0 amide bonds. The van der Waals surface area contributed by atoms with E-state index < -0.39 is 0 Å². The molecular formula is C16H15N7O. The maximum Gasteiger partial charge on any atom is 0.274 e. The second kappa shape index (κ2) is 5.00. The maximum absolute atomic E-state index is 5.52. The Bertz CT molecular complexity index is 1030. The van der Waals surface area contributed by atoms with Crippen molar-refractivity contribution in [3.05, 3.63) is 42.6 Å². The number of imidazole rings is 1. The molecule has 8 nitrogen and oxygen atoms in total. The van der Waals surface area contributed by atoms with Gasteiger partial charge in [0.25, 0.3) is 5.89 Å². The number of aromatic nitrogens is 6. The Morgan fingerprint density at radius 2 is 2.21 bits per heavy atom. The summed E-state index contributed by atoms with van der Waals surface area (Å²) in [6.07, 6.45) is 6.96. The summed E-state index contributed by atoms with van der Waals surface area (Å²) in [6, 6.07) is 4.46. The van der Waals surface area contributed by atoms with E-state index in [1.165, 1.54) is 5.69 Å². The van der Waals surface area contributed by atoms with Crippen molar-refractivity contribution in [3.63, 3.8) is 0 Å². The molecule has 1 aliphatic heterocycles. The predicted molar refractivity (Wildman–Crippen MR) is 86.1 cm³/mol. The van der Waals surface area contributed by atoms with E-state index in [4.69, 9.17) is 4.52 Å². The van der Waals surface area contributed by atoms with Crippen molar-refractivity contribution < 1.29 is 4.52 Å². The fourth-order valence-corrected chi connectivity index (χ4v) is 3.23. The first-order chi connectivity index (χ1) is 11.8. The van der Waals surface area contributed by atoms with Gasteiger partial charge in [-0.15, -0.1) is 0 Å². The molecule has 1 N–H and O–H groups in total. The fourth-order valence-electron chi connectivity index (χ4n) is 3.23. The smallest absolute Gasteiger partial charge is 0.274 e. The van der Waals surface area contributed by atoms with E-state index in [1.807, 2.05) is 16.7 Å². The van der Waals surface area contributed by atoms with Gasteiger partial charge >= 0.3 is 0 Å². The summed E-state index contributed by atoms with van der Waals surface area (Å²) in [7, 11) is 0. The Morgan fingerprint density at radius 1 is 1.25 bits per heavy atom. The highest BCUT2D eigenvalue weighted by atomic mass is 16.5. The highest BCUT2D eigenvalue weighted by Crippen LogP contribution is 2.28. The van der Waals surface area contributed by atoms with E-state index in [0.29, 0.717) is 17.8 Å². The maximum atomic E-state index is 5.52. The Morgan fingerprint density at radius 3 is 3.17 bits per heavy atom. The molecule has 1 atom stereocenters. The first-order valence-corrected chi connectivity index (χ1v) is 7.85.